The van der Waals surface area contributed by atoms with Crippen LogP contribution in [-0.2, 0) is 11.2 Å². The quantitative estimate of drug-likeness (QED) is 0.756. The van der Waals surface area contributed by atoms with E-state index in [2.05, 4.69) is 15.5 Å². The van der Waals surface area contributed by atoms with Crippen LogP contribution >= 0.6 is 22.9 Å². The first kappa shape index (κ1) is 16.3. The van der Waals surface area contributed by atoms with Crippen LogP contribution in [0, 0.1) is 5.82 Å². The molecule has 1 aromatic heterocycles. The van der Waals surface area contributed by atoms with Crippen molar-refractivity contribution in [2.24, 2.45) is 0 Å². The largest absolute Gasteiger partial charge is 0.383 e. The van der Waals surface area contributed by atoms with Crippen molar-refractivity contribution in [2.45, 2.75) is 12.8 Å². The van der Waals surface area contributed by atoms with Crippen LogP contribution < -0.4 is 5.32 Å². The van der Waals surface area contributed by atoms with Gasteiger partial charge in [0.1, 0.15) is 5.01 Å². The van der Waals surface area contributed by atoms with Gasteiger partial charge in [0.15, 0.2) is 10.8 Å². The lowest BCUT2D eigenvalue weighted by molar-refractivity contribution is 0.199. The van der Waals surface area contributed by atoms with Crippen molar-refractivity contribution in [3.05, 3.63) is 34.0 Å². The van der Waals surface area contributed by atoms with E-state index in [0.717, 1.165) is 30.9 Å². The third-order valence-electron chi connectivity index (χ3n) is 2.88. The average Bonchev–Trinajstić information content (AvgIpc) is 2.94. The van der Waals surface area contributed by atoms with Crippen molar-refractivity contribution < 1.29 is 9.13 Å². The number of hydrogen-bond donors (Lipinski definition) is 1. The van der Waals surface area contributed by atoms with Gasteiger partial charge in [0.2, 0.25) is 0 Å². The Kier molecular flexibility index (Phi) is 6.50. The minimum absolute atomic E-state index is 0.103. The highest BCUT2D eigenvalue weighted by Gasteiger charge is 2.13. The van der Waals surface area contributed by atoms with E-state index in [1.54, 1.807) is 19.2 Å². The molecule has 0 unspecified atom stereocenters. The molecule has 0 fully saturated rings. The molecule has 1 N–H and O–H groups in total. The number of rotatable bonds is 8. The standard InChI is InChI=1S/C14H17ClFN3OS/c1-20-9-8-17-7-3-6-12-18-19-14(21-12)10-4-2-5-11(15)13(10)16/h2,4-5,17H,3,6-9H2,1H3. The summed E-state index contributed by atoms with van der Waals surface area (Å²) in [5.41, 5.74) is 0.407. The molecule has 1 aromatic carbocycles. The van der Waals surface area contributed by atoms with Gasteiger partial charge in [0.05, 0.1) is 11.6 Å². The van der Waals surface area contributed by atoms with Gasteiger partial charge in [-0.25, -0.2) is 4.39 Å². The molecular weight excluding hydrogens is 313 g/mol. The Bertz CT molecular complexity index is 579. The van der Waals surface area contributed by atoms with E-state index < -0.39 is 5.82 Å². The molecule has 0 aliphatic carbocycles. The van der Waals surface area contributed by atoms with Crippen molar-refractivity contribution in [1.82, 2.24) is 15.5 Å². The third-order valence-corrected chi connectivity index (χ3v) is 4.18. The van der Waals surface area contributed by atoms with Gasteiger partial charge in [-0.3, -0.25) is 0 Å². The number of methoxy groups -OCH3 is 1. The molecule has 7 heteroatoms. The maximum atomic E-state index is 13.9. The number of nitrogens with one attached hydrogen (secondary N) is 1. The lowest BCUT2D eigenvalue weighted by Gasteiger charge is -2.01. The van der Waals surface area contributed by atoms with Crippen molar-refractivity contribution >= 4 is 22.9 Å². The van der Waals surface area contributed by atoms with E-state index in [9.17, 15) is 4.39 Å². The molecule has 0 bridgehead atoms. The van der Waals surface area contributed by atoms with Crippen LogP contribution in [0.25, 0.3) is 10.6 Å². The molecule has 0 aliphatic heterocycles. The lowest BCUT2D eigenvalue weighted by Crippen LogP contribution is -2.20. The Morgan fingerprint density at radius 1 is 1.33 bits per heavy atom. The summed E-state index contributed by atoms with van der Waals surface area (Å²) in [7, 11) is 1.68. The van der Waals surface area contributed by atoms with Gasteiger partial charge in [-0.15, -0.1) is 10.2 Å². The highest BCUT2D eigenvalue weighted by atomic mass is 35.5. The van der Waals surface area contributed by atoms with E-state index >= 15 is 0 Å². The second kappa shape index (κ2) is 8.38. The topological polar surface area (TPSA) is 47.0 Å². The van der Waals surface area contributed by atoms with Crippen LogP contribution in [0.4, 0.5) is 4.39 Å². The maximum absolute atomic E-state index is 13.9. The minimum atomic E-state index is -0.442. The fraction of sp³-hybridized carbons (Fsp3) is 0.429. The smallest absolute Gasteiger partial charge is 0.152 e. The lowest BCUT2D eigenvalue weighted by atomic mass is 10.2. The Morgan fingerprint density at radius 3 is 3.00 bits per heavy atom. The summed E-state index contributed by atoms with van der Waals surface area (Å²) in [5, 5.41) is 13.0. The summed E-state index contributed by atoms with van der Waals surface area (Å²) in [6.45, 7) is 2.44. The number of aromatic nitrogens is 2. The molecule has 21 heavy (non-hydrogen) atoms. The number of benzene rings is 1. The third kappa shape index (κ3) is 4.71. The fourth-order valence-corrected chi connectivity index (χ4v) is 2.87. The Morgan fingerprint density at radius 2 is 2.19 bits per heavy atom. The van der Waals surface area contributed by atoms with Crippen molar-refractivity contribution in [3.63, 3.8) is 0 Å². The number of halogens is 2. The molecule has 0 saturated carbocycles. The summed E-state index contributed by atoms with van der Waals surface area (Å²) in [4.78, 5) is 0. The first-order chi connectivity index (χ1) is 10.2. The molecule has 2 aromatic rings. The van der Waals surface area contributed by atoms with Crippen LogP contribution in [0.5, 0.6) is 0 Å². The number of nitrogens with zero attached hydrogens (tertiary/aromatic N) is 2. The molecular formula is C14H17ClFN3OS. The molecule has 0 radical (unpaired) electrons. The Hall–Kier alpha value is -1.08. The molecule has 4 nitrogen and oxygen atoms in total. The molecule has 0 saturated heterocycles. The number of ether oxygens (including phenoxy) is 1. The normalized spacial score (nSPS) is 11.0. The molecule has 0 spiro atoms. The predicted octanol–water partition coefficient (Wildman–Crippen LogP) is 3.17. The maximum Gasteiger partial charge on any atom is 0.152 e. The average molecular weight is 330 g/mol. The molecule has 0 amide bonds. The monoisotopic (exact) mass is 329 g/mol. The van der Waals surface area contributed by atoms with Gasteiger partial charge in [-0.1, -0.05) is 29.0 Å². The molecule has 1 heterocycles. The first-order valence-electron chi connectivity index (χ1n) is 6.69. The first-order valence-corrected chi connectivity index (χ1v) is 7.88. The van der Waals surface area contributed by atoms with E-state index in [1.165, 1.54) is 17.4 Å². The zero-order chi connectivity index (χ0) is 15.1. The van der Waals surface area contributed by atoms with E-state index in [-0.39, 0.29) is 5.02 Å². The Labute approximate surface area is 132 Å². The highest BCUT2D eigenvalue weighted by molar-refractivity contribution is 7.14. The van der Waals surface area contributed by atoms with Gasteiger partial charge in [-0.05, 0) is 25.1 Å². The molecule has 0 atom stereocenters. The van der Waals surface area contributed by atoms with Crippen LogP contribution in [-0.4, -0.2) is 37.0 Å². The van der Waals surface area contributed by atoms with Gasteiger partial charge in [-0.2, -0.15) is 0 Å². The van der Waals surface area contributed by atoms with Gasteiger partial charge in [0, 0.05) is 25.6 Å². The summed E-state index contributed by atoms with van der Waals surface area (Å²) >= 11 is 7.18. The Balaban J connectivity index is 1.88. The summed E-state index contributed by atoms with van der Waals surface area (Å²) in [6.07, 6.45) is 1.77. The number of aryl methyl sites for hydroxylation is 1. The van der Waals surface area contributed by atoms with Crippen LogP contribution in [0.2, 0.25) is 5.02 Å². The number of hydrogen-bond acceptors (Lipinski definition) is 5. The zero-order valence-corrected chi connectivity index (χ0v) is 13.3. The summed E-state index contributed by atoms with van der Waals surface area (Å²) in [6, 6.07) is 4.90. The van der Waals surface area contributed by atoms with Gasteiger partial charge >= 0.3 is 0 Å². The van der Waals surface area contributed by atoms with Crippen molar-refractivity contribution in [3.8, 4) is 10.6 Å². The van der Waals surface area contributed by atoms with E-state index in [4.69, 9.17) is 16.3 Å². The van der Waals surface area contributed by atoms with Gasteiger partial charge < -0.3 is 10.1 Å². The minimum Gasteiger partial charge on any atom is -0.383 e. The summed E-state index contributed by atoms with van der Waals surface area (Å²) in [5.74, 6) is -0.442. The predicted molar refractivity (Wildman–Crippen MR) is 83.4 cm³/mol. The van der Waals surface area contributed by atoms with E-state index in [0.29, 0.717) is 17.2 Å². The van der Waals surface area contributed by atoms with Crippen molar-refractivity contribution in [2.75, 3.05) is 26.8 Å². The van der Waals surface area contributed by atoms with Crippen LogP contribution in [0.3, 0.4) is 0 Å². The molecule has 0 aliphatic rings. The van der Waals surface area contributed by atoms with Crippen LogP contribution in [0.1, 0.15) is 11.4 Å². The second-order valence-electron chi connectivity index (χ2n) is 4.45. The molecule has 2 rings (SSSR count). The SMILES string of the molecule is COCCNCCCc1nnc(-c2cccc(Cl)c2F)s1. The highest BCUT2D eigenvalue weighted by Crippen LogP contribution is 2.29. The van der Waals surface area contributed by atoms with Gasteiger partial charge in [0.25, 0.3) is 0 Å². The zero-order valence-electron chi connectivity index (χ0n) is 11.7. The second-order valence-corrected chi connectivity index (χ2v) is 5.92. The fourth-order valence-electron chi connectivity index (χ4n) is 1.80. The van der Waals surface area contributed by atoms with Crippen LogP contribution in [0.15, 0.2) is 18.2 Å². The summed E-state index contributed by atoms with van der Waals surface area (Å²) < 4.78 is 18.9. The molecule has 114 valence electrons. The van der Waals surface area contributed by atoms with Crippen molar-refractivity contribution in [1.29, 1.82) is 0 Å². The van der Waals surface area contributed by atoms with E-state index in [1.807, 2.05) is 0 Å².